The van der Waals surface area contributed by atoms with Gasteiger partial charge in [0.15, 0.2) is 0 Å². The average Bonchev–Trinajstić information content (AvgIpc) is 3.27. The van der Waals surface area contributed by atoms with Crippen LogP contribution in [0.1, 0.15) is 29.5 Å². The second-order valence-corrected chi connectivity index (χ2v) is 10.1. The van der Waals surface area contributed by atoms with Crippen LogP contribution in [0, 0.1) is 0 Å². The van der Waals surface area contributed by atoms with Crippen molar-refractivity contribution in [3.63, 3.8) is 0 Å². The van der Waals surface area contributed by atoms with Gasteiger partial charge in [-0.1, -0.05) is 78.9 Å². The summed E-state index contributed by atoms with van der Waals surface area (Å²) in [6, 6.07) is 23.1. The molecule has 9 heteroatoms. The Labute approximate surface area is 234 Å². The highest BCUT2D eigenvalue weighted by Gasteiger charge is 2.33. The fourth-order valence-electron chi connectivity index (χ4n) is 4.87. The zero-order chi connectivity index (χ0) is 28.6. The molecule has 0 fully saturated rings. The van der Waals surface area contributed by atoms with Crippen LogP contribution in [0.3, 0.4) is 0 Å². The molecule has 3 aromatic rings. The van der Waals surface area contributed by atoms with E-state index in [4.69, 9.17) is 9.47 Å². The summed E-state index contributed by atoms with van der Waals surface area (Å²) in [7, 11) is 3.42. The van der Waals surface area contributed by atoms with Gasteiger partial charge in [0.2, 0.25) is 5.91 Å². The molecule has 0 saturated heterocycles. The standard InChI is InChI=1S/C31H35N3O6/c1-20(39-18-21-11-5-4-6-12-21)28(29(35)32-27(30(36)37)17-34(2)3)33-31(38)40-19-26-24-15-9-7-13-22(24)23-14-8-10-16-25(23)26/h4-16,20,26-28H,17-19H2,1-3H3,(H,32,35)(H,33,38)(H,36,37)/t20-,27-,28+/m0/s1. The van der Waals surface area contributed by atoms with Crippen LogP contribution in [0.15, 0.2) is 78.9 Å². The molecule has 1 aliphatic carbocycles. The average molecular weight is 546 g/mol. The number of hydrogen-bond donors (Lipinski definition) is 3. The number of fused-ring (bicyclic) bond motifs is 3. The summed E-state index contributed by atoms with van der Waals surface area (Å²) in [6.45, 7) is 2.01. The van der Waals surface area contributed by atoms with Crippen LogP contribution in [-0.2, 0) is 25.7 Å². The Morgan fingerprint density at radius 3 is 2.02 bits per heavy atom. The van der Waals surface area contributed by atoms with Crippen LogP contribution in [0.2, 0.25) is 0 Å². The molecule has 3 atom stereocenters. The highest BCUT2D eigenvalue weighted by atomic mass is 16.5. The molecule has 0 bridgehead atoms. The van der Waals surface area contributed by atoms with Gasteiger partial charge in [-0.05, 0) is 48.8 Å². The Bertz CT molecular complexity index is 1280. The van der Waals surface area contributed by atoms with Crippen molar-refractivity contribution in [2.75, 3.05) is 27.2 Å². The molecule has 210 valence electrons. The van der Waals surface area contributed by atoms with Crippen molar-refractivity contribution in [3.05, 3.63) is 95.6 Å². The normalized spacial score (nSPS) is 14.5. The van der Waals surface area contributed by atoms with Crippen molar-refractivity contribution in [3.8, 4) is 11.1 Å². The number of carboxylic acid groups (broad SMARTS) is 1. The van der Waals surface area contributed by atoms with E-state index < -0.39 is 36.2 Å². The number of hydrogen-bond acceptors (Lipinski definition) is 6. The number of amides is 2. The predicted molar refractivity (Wildman–Crippen MR) is 151 cm³/mol. The molecule has 40 heavy (non-hydrogen) atoms. The molecule has 1 aliphatic rings. The number of likely N-dealkylation sites (N-methyl/N-ethyl adjacent to an activating group) is 1. The minimum Gasteiger partial charge on any atom is -0.480 e. The van der Waals surface area contributed by atoms with Gasteiger partial charge in [-0.2, -0.15) is 0 Å². The van der Waals surface area contributed by atoms with Gasteiger partial charge in [0, 0.05) is 12.5 Å². The lowest BCUT2D eigenvalue weighted by Crippen LogP contribution is -2.57. The van der Waals surface area contributed by atoms with Gasteiger partial charge in [-0.3, -0.25) is 4.79 Å². The molecule has 0 unspecified atom stereocenters. The Morgan fingerprint density at radius 1 is 0.875 bits per heavy atom. The number of rotatable bonds is 12. The highest BCUT2D eigenvalue weighted by Crippen LogP contribution is 2.44. The predicted octanol–water partition coefficient (Wildman–Crippen LogP) is 3.63. The van der Waals surface area contributed by atoms with Crippen LogP contribution >= 0.6 is 0 Å². The zero-order valence-electron chi connectivity index (χ0n) is 22.9. The molecule has 0 heterocycles. The molecule has 3 aromatic carbocycles. The number of carbonyl (C=O) groups excluding carboxylic acids is 2. The third kappa shape index (κ3) is 7.05. The van der Waals surface area contributed by atoms with E-state index in [9.17, 15) is 19.5 Å². The Balaban J connectivity index is 1.46. The largest absolute Gasteiger partial charge is 0.480 e. The van der Waals surface area contributed by atoms with Gasteiger partial charge in [-0.15, -0.1) is 0 Å². The second-order valence-electron chi connectivity index (χ2n) is 10.1. The summed E-state index contributed by atoms with van der Waals surface area (Å²) in [5, 5.41) is 14.7. The van der Waals surface area contributed by atoms with Crippen LogP contribution in [0.25, 0.3) is 11.1 Å². The third-order valence-electron chi connectivity index (χ3n) is 6.89. The Hall–Kier alpha value is -4.21. The fraction of sp³-hybridized carbons (Fsp3) is 0.323. The summed E-state index contributed by atoms with van der Waals surface area (Å²) >= 11 is 0. The van der Waals surface area contributed by atoms with Crippen LogP contribution in [0.5, 0.6) is 0 Å². The summed E-state index contributed by atoms with van der Waals surface area (Å²) < 4.78 is 11.6. The molecule has 0 aliphatic heterocycles. The quantitative estimate of drug-likeness (QED) is 0.318. The maximum Gasteiger partial charge on any atom is 0.407 e. The van der Waals surface area contributed by atoms with Crippen molar-refractivity contribution in [1.29, 1.82) is 0 Å². The highest BCUT2D eigenvalue weighted by molar-refractivity contribution is 5.90. The lowest BCUT2D eigenvalue weighted by molar-refractivity contribution is -0.143. The number of benzene rings is 3. The van der Waals surface area contributed by atoms with Crippen molar-refractivity contribution in [2.45, 2.75) is 37.6 Å². The number of carbonyl (C=O) groups is 3. The van der Waals surface area contributed by atoms with E-state index in [1.807, 2.05) is 78.9 Å². The first-order chi connectivity index (χ1) is 19.2. The van der Waals surface area contributed by atoms with Gasteiger partial charge in [-0.25, -0.2) is 9.59 Å². The molecular weight excluding hydrogens is 510 g/mol. The van der Waals surface area contributed by atoms with Crippen LogP contribution < -0.4 is 10.6 Å². The fourth-order valence-corrected chi connectivity index (χ4v) is 4.87. The smallest absolute Gasteiger partial charge is 0.407 e. The lowest BCUT2D eigenvalue weighted by Gasteiger charge is -2.27. The molecule has 2 amide bonds. The van der Waals surface area contributed by atoms with E-state index in [-0.39, 0.29) is 25.7 Å². The number of carboxylic acids is 1. The third-order valence-corrected chi connectivity index (χ3v) is 6.89. The number of nitrogens with zero attached hydrogens (tertiary/aromatic N) is 1. The number of alkyl carbamates (subject to hydrolysis) is 1. The minimum atomic E-state index is -1.19. The molecule has 3 N–H and O–H groups in total. The van der Waals surface area contributed by atoms with Gasteiger partial charge < -0.3 is 30.1 Å². The summed E-state index contributed by atoms with van der Waals surface area (Å²) in [5.74, 6) is -2.00. The first kappa shape index (κ1) is 28.8. The number of ether oxygens (including phenoxy) is 2. The first-order valence-electron chi connectivity index (χ1n) is 13.2. The Morgan fingerprint density at radius 2 is 1.45 bits per heavy atom. The van der Waals surface area contributed by atoms with E-state index in [1.54, 1.807) is 25.9 Å². The van der Waals surface area contributed by atoms with Crippen LogP contribution in [-0.4, -0.2) is 73.4 Å². The first-order valence-corrected chi connectivity index (χ1v) is 13.2. The molecule has 4 rings (SSSR count). The molecule has 0 aromatic heterocycles. The minimum absolute atomic E-state index is 0.0752. The van der Waals surface area contributed by atoms with Gasteiger partial charge in [0.05, 0.1) is 12.7 Å². The van der Waals surface area contributed by atoms with E-state index in [0.717, 1.165) is 27.8 Å². The molecule has 9 nitrogen and oxygen atoms in total. The van der Waals surface area contributed by atoms with E-state index in [2.05, 4.69) is 10.6 Å². The Kier molecular flexibility index (Phi) is 9.52. The summed E-state index contributed by atoms with van der Waals surface area (Å²) in [4.78, 5) is 39.7. The van der Waals surface area contributed by atoms with Gasteiger partial charge in [0.25, 0.3) is 0 Å². The van der Waals surface area contributed by atoms with Gasteiger partial charge >= 0.3 is 12.1 Å². The van der Waals surface area contributed by atoms with E-state index >= 15 is 0 Å². The van der Waals surface area contributed by atoms with E-state index in [0.29, 0.717) is 0 Å². The SMILES string of the molecule is C[C@H](OCc1ccccc1)[C@@H](NC(=O)OCC1c2ccccc2-c2ccccc21)C(=O)N[C@@H](CN(C)C)C(=O)O. The second kappa shape index (κ2) is 13.2. The maximum absolute atomic E-state index is 13.3. The monoisotopic (exact) mass is 545 g/mol. The van der Waals surface area contributed by atoms with Crippen LogP contribution in [0.4, 0.5) is 4.79 Å². The summed E-state index contributed by atoms with van der Waals surface area (Å²) in [5.41, 5.74) is 5.24. The molecule has 0 spiro atoms. The number of nitrogens with one attached hydrogen (secondary N) is 2. The van der Waals surface area contributed by atoms with Crippen molar-refractivity contribution >= 4 is 18.0 Å². The van der Waals surface area contributed by atoms with Gasteiger partial charge in [0.1, 0.15) is 18.7 Å². The summed E-state index contributed by atoms with van der Waals surface area (Å²) in [6.07, 6.45) is -1.58. The van der Waals surface area contributed by atoms with Crippen molar-refractivity contribution in [2.24, 2.45) is 0 Å². The van der Waals surface area contributed by atoms with E-state index in [1.165, 1.54) is 0 Å². The molecular formula is C31H35N3O6. The van der Waals surface area contributed by atoms with Crippen molar-refractivity contribution in [1.82, 2.24) is 15.5 Å². The lowest BCUT2D eigenvalue weighted by atomic mass is 9.98. The topological polar surface area (TPSA) is 117 Å². The maximum atomic E-state index is 13.3. The van der Waals surface area contributed by atoms with Crippen molar-refractivity contribution < 1.29 is 29.0 Å². The number of aliphatic carboxylic acids is 1. The molecule has 0 radical (unpaired) electrons. The molecule has 0 saturated carbocycles. The zero-order valence-corrected chi connectivity index (χ0v) is 22.9.